The molecule has 6 heteroatoms. The molecule has 1 aromatic heterocycles. The number of benzene rings is 1. The van der Waals surface area contributed by atoms with Crippen molar-refractivity contribution < 1.29 is 9.13 Å². The Labute approximate surface area is 134 Å². The lowest BCUT2D eigenvalue weighted by atomic mass is 10.2. The van der Waals surface area contributed by atoms with Crippen LogP contribution in [-0.4, -0.2) is 49.2 Å². The lowest BCUT2D eigenvalue weighted by molar-refractivity contribution is 0.202. The third kappa shape index (κ3) is 3.75. The van der Waals surface area contributed by atoms with Crippen LogP contribution in [0.1, 0.15) is 5.69 Å². The molecule has 4 nitrogen and oxygen atoms in total. The summed E-state index contributed by atoms with van der Waals surface area (Å²) in [7, 11) is 0. The smallest absolute Gasteiger partial charge is 0.196 e. The van der Waals surface area contributed by atoms with E-state index in [9.17, 15) is 4.39 Å². The normalized spacial score (nSPS) is 16.0. The molecule has 0 saturated carbocycles. The number of nitrogens with zero attached hydrogens (tertiary/aromatic N) is 3. The summed E-state index contributed by atoms with van der Waals surface area (Å²) < 4.78 is 18.7. The van der Waals surface area contributed by atoms with Gasteiger partial charge in [0.1, 0.15) is 12.4 Å². The first-order valence-electron chi connectivity index (χ1n) is 7.48. The van der Waals surface area contributed by atoms with E-state index in [1.165, 1.54) is 12.1 Å². The van der Waals surface area contributed by atoms with Crippen LogP contribution in [-0.2, 0) is 0 Å². The van der Waals surface area contributed by atoms with Gasteiger partial charge in [-0.3, -0.25) is 4.90 Å². The van der Waals surface area contributed by atoms with E-state index >= 15 is 0 Å². The highest BCUT2D eigenvalue weighted by Crippen LogP contribution is 2.22. The minimum atomic E-state index is -0.183. The topological polar surface area (TPSA) is 28.6 Å². The summed E-state index contributed by atoms with van der Waals surface area (Å²) in [5, 5.41) is 0.921. The van der Waals surface area contributed by atoms with Gasteiger partial charge in [-0.05, 0) is 31.2 Å². The van der Waals surface area contributed by atoms with Crippen molar-refractivity contribution in [3.63, 3.8) is 0 Å². The van der Waals surface area contributed by atoms with Gasteiger partial charge in [0.2, 0.25) is 0 Å². The summed E-state index contributed by atoms with van der Waals surface area (Å²) in [6, 6.07) is 6.74. The number of aromatic nitrogens is 1. The third-order valence-electron chi connectivity index (χ3n) is 3.91. The SMILES string of the molecule is Cc1ncsc1OCCN1CCN(c2ccc(F)cc2)CC1. The summed E-state index contributed by atoms with van der Waals surface area (Å²) >= 11 is 1.54. The first-order chi connectivity index (χ1) is 10.7. The van der Waals surface area contributed by atoms with Crippen molar-refractivity contribution in [1.82, 2.24) is 9.88 Å². The molecule has 22 heavy (non-hydrogen) atoms. The van der Waals surface area contributed by atoms with Crippen LogP contribution < -0.4 is 9.64 Å². The van der Waals surface area contributed by atoms with E-state index in [1.807, 2.05) is 24.6 Å². The van der Waals surface area contributed by atoms with Crippen LogP contribution in [0, 0.1) is 12.7 Å². The standard InChI is InChI=1S/C16H20FN3OS/c1-13-16(22-12-18-13)21-11-10-19-6-8-20(9-7-19)15-4-2-14(17)3-5-15/h2-5,12H,6-11H2,1H3. The zero-order valence-electron chi connectivity index (χ0n) is 12.7. The van der Waals surface area contributed by atoms with Gasteiger partial charge in [0.25, 0.3) is 0 Å². The molecule has 0 N–H and O–H groups in total. The van der Waals surface area contributed by atoms with E-state index in [-0.39, 0.29) is 5.82 Å². The Morgan fingerprint density at radius 1 is 1.18 bits per heavy atom. The van der Waals surface area contributed by atoms with Crippen molar-refractivity contribution in [2.45, 2.75) is 6.92 Å². The molecule has 3 rings (SSSR count). The van der Waals surface area contributed by atoms with Crippen molar-refractivity contribution in [1.29, 1.82) is 0 Å². The number of rotatable bonds is 5. The quantitative estimate of drug-likeness (QED) is 0.847. The zero-order chi connectivity index (χ0) is 15.4. The van der Waals surface area contributed by atoms with E-state index in [2.05, 4.69) is 14.8 Å². The average Bonchev–Trinajstić information content (AvgIpc) is 2.94. The van der Waals surface area contributed by atoms with E-state index in [0.29, 0.717) is 6.61 Å². The summed E-state index contributed by atoms with van der Waals surface area (Å²) in [6.07, 6.45) is 0. The van der Waals surface area contributed by atoms with Gasteiger partial charge < -0.3 is 9.64 Å². The molecule has 1 saturated heterocycles. The second-order valence-electron chi connectivity index (χ2n) is 5.38. The Balaban J connectivity index is 1.42. The molecule has 1 aliphatic heterocycles. The Bertz CT molecular complexity index is 594. The van der Waals surface area contributed by atoms with Crippen LogP contribution in [0.3, 0.4) is 0 Å². The van der Waals surface area contributed by atoms with Gasteiger partial charge in [-0.15, -0.1) is 0 Å². The van der Waals surface area contributed by atoms with Gasteiger partial charge in [0.15, 0.2) is 5.06 Å². The van der Waals surface area contributed by atoms with Gasteiger partial charge in [0, 0.05) is 38.4 Å². The molecule has 2 heterocycles. The molecule has 1 aliphatic rings. The molecule has 0 atom stereocenters. The molecule has 0 aliphatic carbocycles. The van der Waals surface area contributed by atoms with E-state index in [1.54, 1.807) is 11.3 Å². The lowest BCUT2D eigenvalue weighted by Gasteiger charge is -2.36. The summed E-state index contributed by atoms with van der Waals surface area (Å²) in [6.45, 7) is 7.52. The fraction of sp³-hybridized carbons (Fsp3) is 0.438. The second kappa shape index (κ2) is 7.07. The van der Waals surface area contributed by atoms with Crippen molar-refractivity contribution >= 4 is 17.0 Å². The largest absolute Gasteiger partial charge is 0.481 e. The van der Waals surface area contributed by atoms with Crippen molar-refractivity contribution in [3.05, 3.63) is 41.3 Å². The highest BCUT2D eigenvalue weighted by Gasteiger charge is 2.17. The van der Waals surface area contributed by atoms with Crippen LogP contribution >= 0.6 is 11.3 Å². The Hall–Kier alpha value is -1.66. The fourth-order valence-electron chi connectivity index (χ4n) is 2.58. The van der Waals surface area contributed by atoms with Crippen molar-refractivity contribution in [2.24, 2.45) is 0 Å². The number of hydrogen-bond donors (Lipinski definition) is 0. The van der Waals surface area contributed by atoms with E-state index < -0.39 is 0 Å². The monoisotopic (exact) mass is 321 g/mol. The van der Waals surface area contributed by atoms with Crippen LogP contribution in [0.15, 0.2) is 29.8 Å². The molecule has 0 amide bonds. The zero-order valence-corrected chi connectivity index (χ0v) is 13.5. The summed E-state index contributed by atoms with van der Waals surface area (Å²) in [4.78, 5) is 8.87. The second-order valence-corrected chi connectivity index (χ2v) is 6.20. The number of hydrogen-bond acceptors (Lipinski definition) is 5. The van der Waals surface area contributed by atoms with Crippen LogP contribution in [0.2, 0.25) is 0 Å². The van der Waals surface area contributed by atoms with Crippen molar-refractivity contribution in [3.8, 4) is 5.06 Å². The predicted molar refractivity (Wildman–Crippen MR) is 87.4 cm³/mol. The predicted octanol–water partition coefficient (Wildman–Crippen LogP) is 2.79. The van der Waals surface area contributed by atoms with E-state index in [0.717, 1.165) is 49.2 Å². The maximum atomic E-state index is 13.0. The van der Waals surface area contributed by atoms with Gasteiger partial charge >= 0.3 is 0 Å². The first-order valence-corrected chi connectivity index (χ1v) is 8.36. The first kappa shape index (κ1) is 15.2. The third-order valence-corrected chi connectivity index (χ3v) is 4.74. The maximum absolute atomic E-state index is 13.0. The number of anilines is 1. The molecule has 2 aromatic rings. The Morgan fingerprint density at radius 2 is 1.91 bits per heavy atom. The molecule has 0 radical (unpaired) electrons. The number of halogens is 1. The highest BCUT2D eigenvalue weighted by molar-refractivity contribution is 7.11. The van der Waals surface area contributed by atoms with Crippen LogP contribution in [0.4, 0.5) is 10.1 Å². The molecular formula is C16H20FN3OS. The fourth-order valence-corrected chi connectivity index (χ4v) is 3.26. The van der Waals surface area contributed by atoms with Crippen LogP contribution in [0.5, 0.6) is 5.06 Å². The Morgan fingerprint density at radius 3 is 2.55 bits per heavy atom. The van der Waals surface area contributed by atoms with Gasteiger partial charge in [-0.2, -0.15) is 0 Å². The van der Waals surface area contributed by atoms with Gasteiger partial charge in [-0.25, -0.2) is 9.37 Å². The maximum Gasteiger partial charge on any atom is 0.196 e. The van der Waals surface area contributed by atoms with Crippen molar-refractivity contribution in [2.75, 3.05) is 44.2 Å². The number of aryl methyl sites for hydroxylation is 1. The van der Waals surface area contributed by atoms with Crippen LogP contribution in [0.25, 0.3) is 0 Å². The molecule has 1 fully saturated rings. The minimum Gasteiger partial charge on any atom is -0.481 e. The number of piperazine rings is 1. The molecular weight excluding hydrogens is 301 g/mol. The molecule has 0 spiro atoms. The molecule has 0 bridgehead atoms. The average molecular weight is 321 g/mol. The number of thiazole rings is 1. The Kier molecular flexibility index (Phi) is 4.90. The molecule has 118 valence electrons. The highest BCUT2D eigenvalue weighted by atomic mass is 32.1. The number of ether oxygens (including phenoxy) is 1. The molecule has 1 aromatic carbocycles. The van der Waals surface area contributed by atoms with Gasteiger partial charge in [-0.1, -0.05) is 11.3 Å². The molecule has 0 unspecified atom stereocenters. The summed E-state index contributed by atoms with van der Waals surface area (Å²) in [5.74, 6) is -0.183. The van der Waals surface area contributed by atoms with E-state index in [4.69, 9.17) is 4.74 Å². The summed E-state index contributed by atoms with van der Waals surface area (Å²) in [5.41, 5.74) is 3.87. The van der Waals surface area contributed by atoms with Gasteiger partial charge in [0.05, 0.1) is 11.2 Å². The lowest BCUT2D eigenvalue weighted by Crippen LogP contribution is -2.47. The minimum absolute atomic E-state index is 0.183.